The lowest BCUT2D eigenvalue weighted by molar-refractivity contribution is -0.113. The number of amides is 1. The first kappa shape index (κ1) is 24.6. The van der Waals surface area contributed by atoms with Gasteiger partial charge in [-0.1, -0.05) is 84.1 Å². The average Bonchev–Trinajstić information content (AvgIpc) is 3.30. The third kappa shape index (κ3) is 5.52. The molecule has 7 heteroatoms. The molecule has 0 aliphatic carbocycles. The van der Waals surface area contributed by atoms with Crippen LogP contribution in [0, 0.1) is 20.8 Å². The van der Waals surface area contributed by atoms with E-state index in [9.17, 15) is 4.79 Å². The molecule has 1 aromatic heterocycles. The van der Waals surface area contributed by atoms with Crippen LogP contribution in [0.15, 0.2) is 90.1 Å². The van der Waals surface area contributed by atoms with Crippen LogP contribution < -0.4 is 10.1 Å². The number of benzene rings is 4. The molecule has 5 rings (SSSR count). The van der Waals surface area contributed by atoms with Gasteiger partial charge in [-0.3, -0.25) is 9.36 Å². The number of anilines is 1. The molecule has 0 unspecified atom stereocenters. The van der Waals surface area contributed by atoms with Gasteiger partial charge in [0.25, 0.3) is 0 Å². The van der Waals surface area contributed by atoms with E-state index in [0.29, 0.717) is 11.0 Å². The van der Waals surface area contributed by atoms with Crippen molar-refractivity contribution in [3.8, 4) is 11.4 Å². The Hall–Kier alpha value is -4.10. The highest BCUT2D eigenvalue weighted by molar-refractivity contribution is 7.99. The molecular formula is C30H28N4O2S. The number of thioether (sulfide) groups is 1. The summed E-state index contributed by atoms with van der Waals surface area (Å²) < 4.78 is 8.15. The van der Waals surface area contributed by atoms with Gasteiger partial charge < -0.3 is 10.1 Å². The average molecular weight is 509 g/mol. The fourth-order valence-electron chi connectivity index (χ4n) is 4.25. The second-order valence-corrected chi connectivity index (χ2v) is 9.89. The van der Waals surface area contributed by atoms with E-state index in [-0.39, 0.29) is 18.3 Å². The molecule has 4 aromatic carbocycles. The summed E-state index contributed by atoms with van der Waals surface area (Å²) in [6.07, 6.45) is 0. The molecule has 0 atom stereocenters. The second-order valence-electron chi connectivity index (χ2n) is 8.94. The highest BCUT2D eigenvalue weighted by Gasteiger charge is 2.18. The van der Waals surface area contributed by atoms with E-state index in [2.05, 4.69) is 15.5 Å². The number of hydrogen-bond acceptors (Lipinski definition) is 5. The molecule has 0 aliphatic rings. The lowest BCUT2D eigenvalue weighted by atomic mass is 10.1. The number of nitrogens with one attached hydrogen (secondary N) is 1. The first-order valence-electron chi connectivity index (χ1n) is 12.1. The lowest BCUT2D eigenvalue weighted by Crippen LogP contribution is -2.15. The van der Waals surface area contributed by atoms with Crippen molar-refractivity contribution in [2.75, 3.05) is 11.1 Å². The molecular weight excluding hydrogens is 480 g/mol. The molecule has 0 aliphatic heterocycles. The number of hydrogen-bond donors (Lipinski definition) is 1. The maximum atomic E-state index is 12.9. The first-order chi connectivity index (χ1) is 18.0. The van der Waals surface area contributed by atoms with Crippen LogP contribution in [0.5, 0.6) is 5.75 Å². The Morgan fingerprint density at radius 3 is 2.35 bits per heavy atom. The summed E-state index contributed by atoms with van der Waals surface area (Å²) in [5.74, 6) is 1.62. The van der Waals surface area contributed by atoms with Crippen LogP contribution in [-0.4, -0.2) is 26.4 Å². The molecule has 0 radical (unpaired) electrons. The summed E-state index contributed by atoms with van der Waals surface area (Å²) >= 11 is 1.35. The fourth-order valence-corrected chi connectivity index (χ4v) is 5.03. The zero-order valence-corrected chi connectivity index (χ0v) is 21.9. The van der Waals surface area contributed by atoms with E-state index >= 15 is 0 Å². The van der Waals surface area contributed by atoms with Gasteiger partial charge in [0.1, 0.15) is 12.4 Å². The van der Waals surface area contributed by atoms with Gasteiger partial charge in [0.2, 0.25) is 5.91 Å². The van der Waals surface area contributed by atoms with Crippen LogP contribution in [0.3, 0.4) is 0 Å². The normalized spacial score (nSPS) is 11.0. The molecule has 0 saturated heterocycles. The summed E-state index contributed by atoms with van der Waals surface area (Å²) in [5.41, 5.74) is 5.02. The van der Waals surface area contributed by atoms with Gasteiger partial charge in [-0.15, -0.1) is 10.2 Å². The van der Waals surface area contributed by atoms with E-state index in [1.807, 2.05) is 110 Å². The van der Waals surface area contributed by atoms with Crippen LogP contribution in [0.4, 0.5) is 5.69 Å². The van der Waals surface area contributed by atoms with Gasteiger partial charge in [-0.25, -0.2) is 0 Å². The fraction of sp³-hybridized carbons (Fsp3) is 0.167. The highest BCUT2D eigenvalue weighted by Crippen LogP contribution is 2.27. The summed E-state index contributed by atoms with van der Waals surface area (Å²) in [5, 5.41) is 14.6. The zero-order chi connectivity index (χ0) is 25.8. The predicted molar refractivity (Wildman–Crippen MR) is 150 cm³/mol. The van der Waals surface area contributed by atoms with Crippen LogP contribution in [-0.2, 0) is 11.4 Å². The Morgan fingerprint density at radius 2 is 1.57 bits per heavy atom. The van der Waals surface area contributed by atoms with Crippen molar-refractivity contribution in [2.24, 2.45) is 0 Å². The number of nitrogens with zero attached hydrogens (tertiary/aromatic N) is 3. The maximum Gasteiger partial charge on any atom is 0.234 e. The smallest absolute Gasteiger partial charge is 0.234 e. The van der Waals surface area contributed by atoms with Crippen LogP contribution in [0.25, 0.3) is 16.5 Å². The predicted octanol–water partition coefficient (Wildman–Crippen LogP) is 6.66. The Labute approximate surface area is 220 Å². The summed E-state index contributed by atoms with van der Waals surface area (Å²) in [6, 6.07) is 28.1. The summed E-state index contributed by atoms with van der Waals surface area (Å²) in [7, 11) is 0. The largest absolute Gasteiger partial charge is 0.485 e. The molecule has 5 aromatic rings. The molecule has 0 fully saturated rings. The molecule has 0 bridgehead atoms. The van der Waals surface area contributed by atoms with E-state index in [0.717, 1.165) is 44.6 Å². The number of rotatable bonds is 8. The van der Waals surface area contributed by atoms with E-state index in [1.54, 1.807) is 0 Å². The molecule has 0 spiro atoms. The Morgan fingerprint density at radius 1 is 0.865 bits per heavy atom. The van der Waals surface area contributed by atoms with Crippen molar-refractivity contribution in [3.05, 3.63) is 107 Å². The van der Waals surface area contributed by atoms with Gasteiger partial charge in [-0.05, 0) is 55.5 Å². The molecule has 37 heavy (non-hydrogen) atoms. The van der Waals surface area contributed by atoms with E-state index in [4.69, 9.17) is 4.74 Å². The Kier molecular flexibility index (Phi) is 7.23. The minimum atomic E-state index is -0.104. The molecule has 1 heterocycles. The van der Waals surface area contributed by atoms with Gasteiger partial charge in [0, 0.05) is 16.8 Å². The van der Waals surface area contributed by atoms with Gasteiger partial charge >= 0.3 is 0 Å². The number of ether oxygens (including phenoxy) is 1. The van der Waals surface area contributed by atoms with Crippen molar-refractivity contribution in [1.82, 2.24) is 14.8 Å². The number of carbonyl (C=O) groups excluding carboxylic acids is 1. The maximum absolute atomic E-state index is 12.9. The quantitative estimate of drug-likeness (QED) is 0.238. The number of carbonyl (C=O) groups is 1. The van der Waals surface area contributed by atoms with Crippen LogP contribution >= 0.6 is 11.8 Å². The van der Waals surface area contributed by atoms with Gasteiger partial charge in [-0.2, -0.15) is 0 Å². The van der Waals surface area contributed by atoms with Gasteiger partial charge in [0.05, 0.1) is 5.75 Å². The van der Waals surface area contributed by atoms with Gasteiger partial charge in [0.15, 0.2) is 11.0 Å². The second kappa shape index (κ2) is 10.9. The van der Waals surface area contributed by atoms with E-state index in [1.165, 1.54) is 11.8 Å². The van der Waals surface area contributed by atoms with Crippen LogP contribution in [0.1, 0.15) is 22.5 Å². The molecule has 186 valence electrons. The Balaban J connectivity index is 1.36. The van der Waals surface area contributed by atoms with Crippen molar-refractivity contribution in [3.63, 3.8) is 0 Å². The monoisotopic (exact) mass is 508 g/mol. The molecule has 1 amide bonds. The summed E-state index contributed by atoms with van der Waals surface area (Å²) in [4.78, 5) is 12.9. The number of fused-ring (bicyclic) bond motifs is 1. The third-order valence-corrected chi connectivity index (χ3v) is 7.07. The number of para-hydroxylation sites is 1. The third-order valence-electron chi connectivity index (χ3n) is 6.14. The highest BCUT2D eigenvalue weighted by atomic mass is 32.2. The van der Waals surface area contributed by atoms with E-state index < -0.39 is 0 Å². The van der Waals surface area contributed by atoms with Crippen molar-refractivity contribution < 1.29 is 9.53 Å². The zero-order valence-electron chi connectivity index (χ0n) is 21.1. The molecule has 0 saturated carbocycles. The molecule has 6 nitrogen and oxygen atoms in total. The minimum absolute atomic E-state index is 0.104. The van der Waals surface area contributed by atoms with Crippen molar-refractivity contribution in [2.45, 2.75) is 32.5 Å². The SMILES string of the molecule is Cc1ccc(-n2c(COc3c(C)cccc3C)nnc2SCC(=O)Nc2cccc3ccccc23)cc1. The lowest BCUT2D eigenvalue weighted by Gasteiger charge is -2.14. The summed E-state index contributed by atoms with van der Waals surface area (Å²) in [6.45, 7) is 6.37. The molecule has 1 N–H and O–H groups in total. The number of aryl methyl sites for hydroxylation is 3. The Bertz CT molecular complexity index is 1530. The standard InChI is InChI=1S/C30H28N4O2S/c1-20-14-16-24(17-15-20)34-27(18-36-29-21(2)8-6-9-22(29)3)32-33-30(34)37-19-28(35)31-26-13-7-11-23-10-4-5-12-25(23)26/h4-17H,18-19H2,1-3H3,(H,31,35). The van der Waals surface area contributed by atoms with Crippen LogP contribution in [0.2, 0.25) is 0 Å². The minimum Gasteiger partial charge on any atom is -0.485 e. The van der Waals surface area contributed by atoms with Crippen molar-refractivity contribution >= 4 is 34.1 Å². The number of aromatic nitrogens is 3. The topological polar surface area (TPSA) is 69.0 Å². The van der Waals surface area contributed by atoms with Crippen molar-refractivity contribution in [1.29, 1.82) is 0 Å². The first-order valence-corrected chi connectivity index (χ1v) is 13.1.